The Balaban J connectivity index is 1.30. The molecule has 194 valence electrons. The Morgan fingerprint density at radius 3 is 1.57 bits per heavy atom. The molecule has 1 saturated carbocycles. The third-order valence-electron chi connectivity index (χ3n) is 8.55. The molecule has 1 aliphatic rings. The van der Waals surface area contributed by atoms with Gasteiger partial charge in [0.2, 0.25) is 0 Å². The molecule has 0 aromatic heterocycles. The number of rotatable bonds is 17. The van der Waals surface area contributed by atoms with E-state index in [1.54, 1.807) is 5.56 Å². The monoisotopic (exact) mass is 474 g/mol. The number of hydrogen-bond acceptors (Lipinski definition) is 0. The van der Waals surface area contributed by atoms with Crippen molar-refractivity contribution < 1.29 is 0 Å². The average Bonchev–Trinajstić information content (AvgIpc) is 2.91. The van der Waals surface area contributed by atoms with Crippen LogP contribution in [0.4, 0.5) is 0 Å². The van der Waals surface area contributed by atoms with Crippen LogP contribution in [0.5, 0.6) is 0 Å². The van der Waals surface area contributed by atoms with Gasteiger partial charge in [0.25, 0.3) is 0 Å². The summed E-state index contributed by atoms with van der Waals surface area (Å²) in [6.07, 6.45) is 26.9. The van der Waals surface area contributed by atoms with Gasteiger partial charge in [-0.15, -0.1) is 0 Å². The van der Waals surface area contributed by atoms with Crippen LogP contribution >= 0.6 is 0 Å². The summed E-state index contributed by atoms with van der Waals surface area (Å²) in [6, 6.07) is 18.8. The molecule has 2 aromatic carbocycles. The molecule has 0 spiro atoms. The summed E-state index contributed by atoms with van der Waals surface area (Å²) in [6.45, 7) is 4.58. The Bertz CT molecular complexity index is 761. The molecule has 35 heavy (non-hydrogen) atoms. The number of unbranched alkanes of at least 4 members (excludes halogenated alkanes) is 11. The van der Waals surface area contributed by atoms with Gasteiger partial charge in [-0.25, -0.2) is 0 Å². The highest BCUT2D eigenvalue weighted by Crippen LogP contribution is 2.38. The normalized spacial score (nSPS) is 18.1. The highest BCUT2D eigenvalue weighted by Gasteiger charge is 2.22. The fourth-order valence-corrected chi connectivity index (χ4v) is 6.10. The molecule has 1 aliphatic carbocycles. The predicted octanol–water partition coefficient (Wildman–Crippen LogP) is 11.7. The molecule has 0 radical (unpaired) electrons. The molecule has 0 aliphatic heterocycles. The SMILES string of the molecule is CCCCCCCCCCCCC1CCC(c2ccc(-c3ccc(CCCCC)cc3)cc2)CC1. The third kappa shape index (κ3) is 10.5. The zero-order valence-electron chi connectivity index (χ0n) is 23.2. The summed E-state index contributed by atoms with van der Waals surface area (Å²) in [7, 11) is 0. The lowest BCUT2D eigenvalue weighted by atomic mass is 9.77. The van der Waals surface area contributed by atoms with Gasteiger partial charge >= 0.3 is 0 Å². The molecule has 0 N–H and O–H groups in total. The van der Waals surface area contributed by atoms with E-state index in [1.165, 1.54) is 139 Å². The van der Waals surface area contributed by atoms with E-state index in [1.807, 2.05) is 0 Å². The van der Waals surface area contributed by atoms with E-state index >= 15 is 0 Å². The highest BCUT2D eigenvalue weighted by atomic mass is 14.3. The molecule has 0 saturated heterocycles. The smallest absolute Gasteiger partial charge is 0.0162 e. The van der Waals surface area contributed by atoms with Crippen LogP contribution in [0.3, 0.4) is 0 Å². The Morgan fingerprint density at radius 1 is 0.514 bits per heavy atom. The molecule has 0 unspecified atom stereocenters. The van der Waals surface area contributed by atoms with Crippen LogP contribution in [0, 0.1) is 5.92 Å². The minimum Gasteiger partial charge on any atom is -0.0654 e. The Hall–Kier alpha value is -1.56. The van der Waals surface area contributed by atoms with Crippen LogP contribution in [-0.4, -0.2) is 0 Å². The van der Waals surface area contributed by atoms with Gasteiger partial charge in [-0.3, -0.25) is 0 Å². The predicted molar refractivity (Wildman–Crippen MR) is 156 cm³/mol. The summed E-state index contributed by atoms with van der Waals surface area (Å²) in [5.74, 6) is 1.78. The first-order valence-corrected chi connectivity index (χ1v) is 15.5. The Kier molecular flexibility index (Phi) is 13.6. The third-order valence-corrected chi connectivity index (χ3v) is 8.55. The lowest BCUT2D eigenvalue weighted by molar-refractivity contribution is 0.302. The lowest BCUT2D eigenvalue weighted by Crippen LogP contribution is -2.13. The summed E-state index contributed by atoms with van der Waals surface area (Å²) >= 11 is 0. The quantitative estimate of drug-likeness (QED) is 0.200. The van der Waals surface area contributed by atoms with Crippen molar-refractivity contribution in [2.24, 2.45) is 5.92 Å². The van der Waals surface area contributed by atoms with Crippen molar-refractivity contribution in [2.75, 3.05) is 0 Å². The maximum absolute atomic E-state index is 2.41. The Morgan fingerprint density at radius 2 is 1.00 bits per heavy atom. The summed E-state index contributed by atoms with van der Waals surface area (Å²) in [4.78, 5) is 0. The molecule has 0 bridgehead atoms. The minimum absolute atomic E-state index is 0.786. The maximum atomic E-state index is 2.41. The summed E-state index contributed by atoms with van der Waals surface area (Å²) in [5, 5.41) is 0. The van der Waals surface area contributed by atoms with Crippen molar-refractivity contribution in [2.45, 2.75) is 142 Å². The van der Waals surface area contributed by atoms with E-state index in [2.05, 4.69) is 62.4 Å². The van der Waals surface area contributed by atoms with Crippen LogP contribution in [0.25, 0.3) is 11.1 Å². The van der Waals surface area contributed by atoms with Crippen molar-refractivity contribution in [3.8, 4) is 11.1 Å². The standard InChI is InChI=1S/C35H54/c1-3-5-7-8-9-10-11-12-13-15-17-31-20-24-33(25-21-31)35-28-26-34(27-29-35)32-22-18-30(19-23-32)16-14-6-4-2/h18-19,22-23,26-29,31,33H,3-17,20-21,24-25H2,1-2H3. The van der Waals surface area contributed by atoms with Crippen LogP contribution in [0.1, 0.15) is 146 Å². The first-order chi connectivity index (χ1) is 17.3. The van der Waals surface area contributed by atoms with Crippen molar-refractivity contribution in [3.05, 3.63) is 59.7 Å². The number of hydrogen-bond donors (Lipinski definition) is 0. The maximum Gasteiger partial charge on any atom is -0.0162 e. The fourth-order valence-electron chi connectivity index (χ4n) is 6.10. The largest absolute Gasteiger partial charge is 0.0654 e. The van der Waals surface area contributed by atoms with Crippen molar-refractivity contribution in [3.63, 3.8) is 0 Å². The van der Waals surface area contributed by atoms with Gasteiger partial charge in [0, 0.05) is 0 Å². The molecule has 0 heterocycles. The van der Waals surface area contributed by atoms with Gasteiger partial charge in [-0.1, -0.05) is 146 Å². The molecule has 3 rings (SSSR count). The Labute approximate surface area is 218 Å². The molecule has 0 nitrogen and oxygen atoms in total. The van der Waals surface area contributed by atoms with Gasteiger partial charge in [0.1, 0.15) is 0 Å². The van der Waals surface area contributed by atoms with Crippen molar-refractivity contribution in [1.82, 2.24) is 0 Å². The topological polar surface area (TPSA) is 0 Å². The van der Waals surface area contributed by atoms with E-state index in [-0.39, 0.29) is 0 Å². The first kappa shape index (κ1) is 28.0. The molecule has 1 fully saturated rings. The molecule has 0 atom stereocenters. The molecule has 0 amide bonds. The summed E-state index contributed by atoms with van der Waals surface area (Å²) in [5.41, 5.74) is 5.77. The molecular formula is C35H54. The van der Waals surface area contributed by atoms with Crippen LogP contribution in [0.2, 0.25) is 0 Å². The number of benzene rings is 2. The lowest BCUT2D eigenvalue weighted by Gasteiger charge is -2.29. The molecule has 0 heteroatoms. The molecular weight excluding hydrogens is 420 g/mol. The van der Waals surface area contributed by atoms with E-state index in [0.29, 0.717) is 0 Å². The van der Waals surface area contributed by atoms with Crippen LogP contribution in [0.15, 0.2) is 48.5 Å². The minimum atomic E-state index is 0.786. The molecule has 2 aromatic rings. The van der Waals surface area contributed by atoms with Gasteiger partial charge in [0.05, 0.1) is 0 Å². The van der Waals surface area contributed by atoms with E-state index in [4.69, 9.17) is 0 Å². The second-order valence-corrected chi connectivity index (χ2v) is 11.5. The zero-order valence-corrected chi connectivity index (χ0v) is 23.2. The number of aryl methyl sites for hydroxylation is 1. The average molecular weight is 475 g/mol. The van der Waals surface area contributed by atoms with Crippen LogP contribution < -0.4 is 0 Å². The first-order valence-electron chi connectivity index (χ1n) is 15.5. The summed E-state index contributed by atoms with van der Waals surface area (Å²) < 4.78 is 0. The van der Waals surface area contributed by atoms with E-state index in [0.717, 1.165) is 11.8 Å². The second kappa shape index (κ2) is 17.0. The van der Waals surface area contributed by atoms with Gasteiger partial charge in [-0.05, 0) is 72.6 Å². The van der Waals surface area contributed by atoms with Gasteiger partial charge in [0.15, 0.2) is 0 Å². The van der Waals surface area contributed by atoms with Crippen molar-refractivity contribution in [1.29, 1.82) is 0 Å². The van der Waals surface area contributed by atoms with Gasteiger partial charge in [-0.2, -0.15) is 0 Å². The second-order valence-electron chi connectivity index (χ2n) is 11.5. The zero-order chi connectivity index (χ0) is 24.6. The fraction of sp³-hybridized carbons (Fsp3) is 0.657. The van der Waals surface area contributed by atoms with Crippen molar-refractivity contribution >= 4 is 0 Å². The van der Waals surface area contributed by atoms with Gasteiger partial charge < -0.3 is 0 Å². The van der Waals surface area contributed by atoms with E-state index < -0.39 is 0 Å². The van der Waals surface area contributed by atoms with E-state index in [9.17, 15) is 0 Å². The highest BCUT2D eigenvalue weighted by molar-refractivity contribution is 5.64. The van der Waals surface area contributed by atoms with Crippen LogP contribution in [-0.2, 0) is 6.42 Å².